The fourth-order valence-electron chi connectivity index (χ4n) is 3.91. The molecule has 0 saturated carbocycles. The summed E-state index contributed by atoms with van der Waals surface area (Å²) in [6.45, 7) is 6.94. The van der Waals surface area contributed by atoms with Crippen LogP contribution in [-0.2, 0) is 14.6 Å². The first-order chi connectivity index (χ1) is 10.3. The van der Waals surface area contributed by atoms with Gasteiger partial charge in [-0.05, 0) is 45.6 Å². The molecule has 2 saturated heterocycles. The highest BCUT2D eigenvalue weighted by atomic mass is 32.2. The van der Waals surface area contributed by atoms with E-state index in [1.165, 1.54) is 6.26 Å². The van der Waals surface area contributed by atoms with Crippen molar-refractivity contribution in [1.82, 2.24) is 9.80 Å². The molecule has 0 N–H and O–H groups in total. The molecule has 128 valence electrons. The number of nitrogens with zero attached hydrogens (tertiary/aromatic N) is 2. The second-order valence-electron chi connectivity index (χ2n) is 7.05. The quantitative estimate of drug-likeness (QED) is 0.769. The van der Waals surface area contributed by atoms with Gasteiger partial charge >= 0.3 is 0 Å². The van der Waals surface area contributed by atoms with Crippen LogP contribution in [0, 0.1) is 0 Å². The first-order valence-electron chi connectivity index (χ1n) is 8.50. The van der Waals surface area contributed by atoms with Gasteiger partial charge in [-0.1, -0.05) is 6.92 Å². The number of hydrogen-bond acceptors (Lipinski definition) is 4. The number of carbonyl (C=O) groups is 1. The van der Waals surface area contributed by atoms with E-state index in [1.54, 1.807) is 0 Å². The van der Waals surface area contributed by atoms with Gasteiger partial charge in [0, 0.05) is 37.3 Å². The Labute approximate surface area is 135 Å². The zero-order valence-corrected chi connectivity index (χ0v) is 15.0. The molecule has 1 amide bonds. The molecular weight excluding hydrogens is 300 g/mol. The van der Waals surface area contributed by atoms with E-state index in [2.05, 4.69) is 18.7 Å². The van der Waals surface area contributed by atoms with Crippen LogP contribution in [0.15, 0.2) is 0 Å². The maximum absolute atomic E-state index is 12.3. The maximum Gasteiger partial charge on any atom is 0.223 e. The maximum atomic E-state index is 12.3. The predicted molar refractivity (Wildman–Crippen MR) is 88.6 cm³/mol. The summed E-state index contributed by atoms with van der Waals surface area (Å²) >= 11 is 0. The highest BCUT2D eigenvalue weighted by Crippen LogP contribution is 2.39. The van der Waals surface area contributed by atoms with Crippen molar-refractivity contribution in [3.63, 3.8) is 0 Å². The molecule has 2 aliphatic rings. The lowest BCUT2D eigenvalue weighted by atomic mass is 9.88. The molecule has 0 unspecified atom stereocenters. The molecule has 0 aromatic carbocycles. The molecule has 2 atom stereocenters. The summed E-state index contributed by atoms with van der Waals surface area (Å²) in [6.07, 6.45) is 6.94. The Balaban J connectivity index is 2.08. The summed E-state index contributed by atoms with van der Waals surface area (Å²) in [4.78, 5) is 16.7. The smallest absolute Gasteiger partial charge is 0.223 e. The molecule has 6 heteroatoms. The molecule has 2 fully saturated rings. The Kier molecular flexibility index (Phi) is 5.54. The first-order valence-corrected chi connectivity index (χ1v) is 10.6. The molecule has 0 aromatic rings. The summed E-state index contributed by atoms with van der Waals surface area (Å²) in [7, 11) is -3.03. The molecule has 1 spiro atoms. The van der Waals surface area contributed by atoms with E-state index >= 15 is 0 Å². The SMILES string of the molecule is CC[C@@H](C)N1CCC[C@]2(CCC(=O)N2CCS(C)(=O)=O)CC1. The van der Waals surface area contributed by atoms with E-state index in [1.807, 2.05) is 4.90 Å². The number of amides is 1. The standard InChI is InChI=1S/C16H30N2O3S/c1-4-14(2)17-10-5-7-16(9-11-17)8-6-15(19)18(16)12-13-22(3,20)21/h14H,4-13H2,1-3H3/t14-,16+/m1/s1. The van der Waals surface area contributed by atoms with Crippen LogP contribution in [0.5, 0.6) is 0 Å². The van der Waals surface area contributed by atoms with E-state index < -0.39 is 9.84 Å². The van der Waals surface area contributed by atoms with Gasteiger partial charge in [0.15, 0.2) is 0 Å². The summed E-state index contributed by atoms with van der Waals surface area (Å²) < 4.78 is 22.9. The fraction of sp³-hybridized carbons (Fsp3) is 0.938. The van der Waals surface area contributed by atoms with Gasteiger partial charge in [0.25, 0.3) is 0 Å². The number of likely N-dealkylation sites (tertiary alicyclic amines) is 2. The third-order valence-electron chi connectivity index (χ3n) is 5.53. The molecule has 5 nitrogen and oxygen atoms in total. The van der Waals surface area contributed by atoms with Crippen LogP contribution >= 0.6 is 0 Å². The van der Waals surface area contributed by atoms with Gasteiger partial charge in [-0.2, -0.15) is 0 Å². The molecule has 2 aliphatic heterocycles. The highest BCUT2D eigenvalue weighted by Gasteiger charge is 2.45. The Hall–Kier alpha value is -0.620. The van der Waals surface area contributed by atoms with Crippen LogP contribution in [0.3, 0.4) is 0 Å². The van der Waals surface area contributed by atoms with Crippen LogP contribution in [0.25, 0.3) is 0 Å². The lowest BCUT2D eigenvalue weighted by Gasteiger charge is -2.38. The van der Waals surface area contributed by atoms with Gasteiger partial charge in [-0.3, -0.25) is 4.79 Å². The molecule has 0 aromatic heterocycles. The van der Waals surface area contributed by atoms with E-state index in [0.717, 1.165) is 45.2 Å². The first kappa shape index (κ1) is 17.7. The van der Waals surface area contributed by atoms with Gasteiger partial charge in [0.2, 0.25) is 5.91 Å². The molecular formula is C16H30N2O3S. The number of carbonyl (C=O) groups excluding carboxylic acids is 1. The largest absolute Gasteiger partial charge is 0.336 e. The van der Waals surface area contributed by atoms with Crippen molar-refractivity contribution in [3.05, 3.63) is 0 Å². The van der Waals surface area contributed by atoms with E-state index in [0.29, 0.717) is 19.0 Å². The van der Waals surface area contributed by atoms with Crippen molar-refractivity contribution in [1.29, 1.82) is 0 Å². The summed E-state index contributed by atoms with van der Waals surface area (Å²) in [5.41, 5.74) is -0.0933. The van der Waals surface area contributed by atoms with E-state index in [-0.39, 0.29) is 17.2 Å². The summed E-state index contributed by atoms with van der Waals surface area (Å²) in [5.74, 6) is 0.218. The third kappa shape index (κ3) is 4.02. The Morgan fingerprint density at radius 3 is 2.59 bits per heavy atom. The molecule has 0 aliphatic carbocycles. The Morgan fingerprint density at radius 2 is 1.95 bits per heavy atom. The second kappa shape index (κ2) is 6.87. The van der Waals surface area contributed by atoms with Crippen molar-refractivity contribution >= 4 is 15.7 Å². The highest BCUT2D eigenvalue weighted by molar-refractivity contribution is 7.90. The van der Waals surface area contributed by atoms with Gasteiger partial charge in [-0.25, -0.2) is 8.42 Å². The third-order valence-corrected chi connectivity index (χ3v) is 6.45. The van der Waals surface area contributed by atoms with Crippen LogP contribution in [-0.4, -0.2) is 67.3 Å². The number of sulfone groups is 1. The topological polar surface area (TPSA) is 57.7 Å². The van der Waals surface area contributed by atoms with Crippen molar-refractivity contribution in [2.75, 3.05) is 31.6 Å². The average Bonchev–Trinajstić information content (AvgIpc) is 2.62. The fourth-order valence-corrected chi connectivity index (χ4v) is 4.43. The van der Waals surface area contributed by atoms with Crippen molar-refractivity contribution in [3.8, 4) is 0 Å². The molecule has 0 radical (unpaired) electrons. The number of rotatable bonds is 5. The number of hydrogen-bond donors (Lipinski definition) is 0. The summed E-state index contributed by atoms with van der Waals surface area (Å²) in [5, 5.41) is 0. The van der Waals surface area contributed by atoms with Gasteiger partial charge in [0.05, 0.1) is 5.75 Å². The Bertz CT molecular complexity index is 506. The van der Waals surface area contributed by atoms with Crippen molar-refractivity contribution in [2.24, 2.45) is 0 Å². The minimum atomic E-state index is -3.03. The van der Waals surface area contributed by atoms with Crippen LogP contribution in [0.4, 0.5) is 0 Å². The molecule has 2 rings (SSSR count). The normalized spacial score (nSPS) is 29.0. The molecule has 2 heterocycles. The van der Waals surface area contributed by atoms with E-state index in [4.69, 9.17) is 0 Å². The van der Waals surface area contributed by atoms with Gasteiger partial charge < -0.3 is 9.80 Å². The van der Waals surface area contributed by atoms with Crippen molar-refractivity contribution < 1.29 is 13.2 Å². The lowest BCUT2D eigenvalue weighted by Crippen LogP contribution is -2.48. The molecule has 0 bridgehead atoms. The average molecular weight is 330 g/mol. The van der Waals surface area contributed by atoms with Gasteiger partial charge in [0.1, 0.15) is 9.84 Å². The predicted octanol–water partition coefficient (Wildman–Crippen LogP) is 1.68. The van der Waals surface area contributed by atoms with Crippen LogP contribution in [0.1, 0.15) is 52.4 Å². The minimum absolute atomic E-state index is 0.0789. The van der Waals surface area contributed by atoms with Crippen LogP contribution < -0.4 is 0 Å². The summed E-state index contributed by atoms with van der Waals surface area (Å²) in [6, 6.07) is 0.580. The minimum Gasteiger partial charge on any atom is -0.336 e. The van der Waals surface area contributed by atoms with Gasteiger partial charge in [-0.15, -0.1) is 0 Å². The lowest BCUT2D eigenvalue weighted by molar-refractivity contribution is -0.131. The molecule has 22 heavy (non-hydrogen) atoms. The zero-order valence-electron chi connectivity index (χ0n) is 14.2. The van der Waals surface area contributed by atoms with Crippen molar-refractivity contribution in [2.45, 2.75) is 64.0 Å². The van der Waals surface area contributed by atoms with E-state index in [9.17, 15) is 13.2 Å². The second-order valence-corrected chi connectivity index (χ2v) is 9.31. The monoisotopic (exact) mass is 330 g/mol. The van der Waals surface area contributed by atoms with Crippen LogP contribution in [0.2, 0.25) is 0 Å². The zero-order chi connectivity index (χ0) is 16.4. The Morgan fingerprint density at radius 1 is 1.23 bits per heavy atom.